The Bertz CT molecular complexity index is 1130. The van der Waals surface area contributed by atoms with Gasteiger partial charge in [-0.15, -0.1) is 0 Å². The van der Waals surface area contributed by atoms with Crippen molar-refractivity contribution in [3.05, 3.63) is 85.1 Å². The Hall–Kier alpha value is -3.23. The van der Waals surface area contributed by atoms with Crippen LogP contribution in [0.1, 0.15) is 0 Å². The van der Waals surface area contributed by atoms with Crippen LogP contribution >= 0.6 is 23.2 Å². The van der Waals surface area contributed by atoms with E-state index in [1.54, 1.807) is 12.1 Å². The molecule has 1 aromatic heterocycles. The summed E-state index contributed by atoms with van der Waals surface area (Å²) in [7, 11) is 0. The van der Waals surface area contributed by atoms with Crippen LogP contribution in [0.4, 0.5) is 11.4 Å². The molecule has 0 radical (unpaired) electrons. The molecule has 0 spiro atoms. The maximum Gasteiger partial charge on any atom is 0.270 e. The Morgan fingerprint density at radius 2 is 1.89 bits per heavy atom. The highest BCUT2D eigenvalue weighted by Gasteiger charge is 2.12. The van der Waals surface area contributed by atoms with Crippen molar-refractivity contribution in [2.45, 2.75) is 6.54 Å². The normalized spacial score (nSPS) is 10.5. The van der Waals surface area contributed by atoms with Gasteiger partial charge in [-0.05, 0) is 24.3 Å². The second kappa shape index (κ2) is 8.20. The Kier molecular flexibility index (Phi) is 5.72. The Morgan fingerprint density at radius 1 is 1.11 bits per heavy atom. The number of rotatable bonds is 5. The van der Waals surface area contributed by atoms with Crippen LogP contribution in [-0.4, -0.2) is 20.6 Å². The lowest BCUT2D eigenvalue weighted by atomic mass is 10.1. The van der Waals surface area contributed by atoms with Crippen LogP contribution in [0.5, 0.6) is 0 Å². The number of hydrogen-bond acceptors (Lipinski definition) is 5. The summed E-state index contributed by atoms with van der Waals surface area (Å²) in [5, 5.41) is 18.3. The molecule has 8 nitrogen and oxygen atoms in total. The fraction of sp³-hybridized carbons (Fsp3) is 0.0556. The third kappa shape index (κ3) is 4.54. The molecule has 0 saturated carbocycles. The lowest BCUT2D eigenvalue weighted by molar-refractivity contribution is -0.384. The van der Waals surface area contributed by atoms with E-state index in [2.05, 4.69) is 10.4 Å². The zero-order valence-corrected chi connectivity index (χ0v) is 15.6. The van der Waals surface area contributed by atoms with E-state index in [1.807, 2.05) is 0 Å². The number of aromatic nitrogens is 2. The molecule has 10 heteroatoms. The van der Waals surface area contributed by atoms with Gasteiger partial charge in [-0.2, -0.15) is 5.10 Å². The number of carbonyl (C=O) groups excluding carboxylic acids is 1. The van der Waals surface area contributed by atoms with E-state index in [-0.39, 0.29) is 17.3 Å². The molecule has 0 aliphatic rings. The first-order chi connectivity index (χ1) is 13.3. The molecule has 0 unspecified atom stereocenters. The van der Waals surface area contributed by atoms with Gasteiger partial charge in [0.1, 0.15) is 6.54 Å². The van der Waals surface area contributed by atoms with Gasteiger partial charge in [0.25, 0.3) is 11.2 Å². The van der Waals surface area contributed by atoms with Crippen LogP contribution in [0.2, 0.25) is 10.0 Å². The minimum absolute atomic E-state index is 0.102. The number of hydrogen-bond donors (Lipinski definition) is 1. The predicted octanol–water partition coefficient (Wildman–Crippen LogP) is 3.76. The number of nitro groups is 1. The molecule has 0 aliphatic heterocycles. The van der Waals surface area contributed by atoms with Crippen molar-refractivity contribution in [3.63, 3.8) is 0 Å². The van der Waals surface area contributed by atoms with Crippen LogP contribution in [-0.2, 0) is 11.3 Å². The van der Waals surface area contributed by atoms with Crippen LogP contribution in [0.25, 0.3) is 11.3 Å². The predicted molar refractivity (Wildman–Crippen MR) is 106 cm³/mol. The molecule has 1 N–H and O–H groups in total. The standard InChI is InChI=1S/C18H12Cl2N4O4/c19-14-5-4-12(9-15(14)20)21-17(25)10-23-18(26)7-6-16(22-23)11-2-1-3-13(8-11)24(27)28/h1-9H,10H2,(H,21,25). The molecule has 3 aromatic rings. The van der Waals surface area contributed by atoms with Crippen LogP contribution < -0.4 is 10.9 Å². The van der Waals surface area contributed by atoms with E-state index < -0.39 is 16.4 Å². The Balaban J connectivity index is 1.82. The number of benzene rings is 2. The smallest absolute Gasteiger partial charge is 0.270 e. The van der Waals surface area contributed by atoms with Gasteiger partial charge in [0.2, 0.25) is 5.91 Å². The molecular weight excluding hydrogens is 407 g/mol. The van der Waals surface area contributed by atoms with E-state index in [9.17, 15) is 19.7 Å². The minimum atomic E-state index is -0.524. The fourth-order valence-corrected chi connectivity index (χ4v) is 2.70. The fourth-order valence-electron chi connectivity index (χ4n) is 2.41. The number of halogens is 2. The highest BCUT2D eigenvalue weighted by atomic mass is 35.5. The Labute approximate surface area is 168 Å². The van der Waals surface area contributed by atoms with E-state index in [0.717, 1.165) is 4.68 Å². The topological polar surface area (TPSA) is 107 Å². The first kappa shape index (κ1) is 19.5. The van der Waals surface area contributed by atoms with Crippen molar-refractivity contribution < 1.29 is 9.72 Å². The van der Waals surface area contributed by atoms with Crippen LogP contribution in [0.15, 0.2) is 59.4 Å². The molecule has 0 fully saturated rings. The largest absolute Gasteiger partial charge is 0.324 e. The first-order valence-corrected chi connectivity index (χ1v) is 8.67. The number of anilines is 1. The SMILES string of the molecule is O=C(Cn1nc(-c2cccc([N+](=O)[O-])c2)ccc1=O)Nc1ccc(Cl)c(Cl)c1. The van der Waals surface area contributed by atoms with Gasteiger partial charge in [0, 0.05) is 29.4 Å². The second-order valence-electron chi connectivity index (χ2n) is 5.70. The van der Waals surface area contributed by atoms with Gasteiger partial charge in [0.05, 0.1) is 20.7 Å². The molecule has 2 aromatic carbocycles. The van der Waals surface area contributed by atoms with Crippen molar-refractivity contribution in [2.24, 2.45) is 0 Å². The summed E-state index contributed by atoms with van der Waals surface area (Å²) in [4.78, 5) is 34.7. The molecule has 28 heavy (non-hydrogen) atoms. The monoisotopic (exact) mass is 418 g/mol. The lowest BCUT2D eigenvalue weighted by Crippen LogP contribution is -2.29. The number of amides is 1. The summed E-state index contributed by atoms with van der Waals surface area (Å²) in [6, 6.07) is 13.1. The number of nitro benzene ring substituents is 1. The summed E-state index contributed by atoms with van der Waals surface area (Å²) in [5.41, 5.74) is 0.605. The van der Waals surface area contributed by atoms with Gasteiger partial charge in [-0.25, -0.2) is 4.68 Å². The molecular formula is C18H12Cl2N4O4. The average Bonchev–Trinajstić information content (AvgIpc) is 2.66. The average molecular weight is 419 g/mol. The maximum absolute atomic E-state index is 12.2. The quantitative estimate of drug-likeness (QED) is 0.501. The van der Waals surface area contributed by atoms with Crippen molar-refractivity contribution in [3.8, 4) is 11.3 Å². The van der Waals surface area contributed by atoms with Crippen molar-refractivity contribution >= 4 is 40.5 Å². The zero-order valence-electron chi connectivity index (χ0n) is 14.1. The van der Waals surface area contributed by atoms with E-state index >= 15 is 0 Å². The third-order valence-corrected chi connectivity index (χ3v) is 4.46. The molecule has 1 amide bonds. The van der Waals surface area contributed by atoms with Gasteiger partial charge in [-0.3, -0.25) is 19.7 Å². The van der Waals surface area contributed by atoms with Gasteiger partial charge in [0.15, 0.2) is 0 Å². The molecule has 0 bridgehead atoms. The minimum Gasteiger partial charge on any atom is -0.324 e. The van der Waals surface area contributed by atoms with Crippen molar-refractivity contribution in [2.75, 3.05) is 5.32 Å². The molecule has 0 saturated heterocycles. The number of nitrogens with zero attached hydrogens (tertiary/aromatic N) is 3. The van der Waals surface area contributed by atoms with Crippen LogP contribution in [0.3, 0.4) is 0 Å². The molecule has 0 aliphatic carbocycles. The van der Waals surface area contributed by atoms with Crippen molar-refractivity contribution in [1.82, 2.24) is 9.78 Å². The maximum atomic E-state index is 12.2. The summed E-state index contributed by atoms with van der Waals surface area (Å²) in [6.45, 7) is -0.345. The third-order valence-electron chi connectivity index (χ3n) is 3.72. The van der Waals surface area contributed by atoms with E-state index in [1.165, 1.54) is 42.5 Å². The van der Waals surface area contributed by atoms with Gasteiger partial charge >= 0.3 is 0 Å². The highest BCUT2D eigenvalue weighted by molar-refractivity contribution is 6.42. The van der Waals surface area contributed by atoms with Gasteiger partial charge < -0.3 is 5.32 Å². The second-order valence-corrected chi connectivity index (χ2v) is 6.51. The molecule has 1 heterocycles. The van der Waals surface area contributed by atoms with E-state index in [4.69, 9.17) is 23.2 Å². The molecule has 142 valence electrons. The molecule has 3 rings (SSSR count). The van der Waals surface area contributed by atoms with Gasteiger partial charge in [-0.1, -0.05) is 35.3 Å². The van der Waals surface area contributed by atoms with E-state index in [0.29, 0.717) is 22.0 Å². The summed E-state index contributed by atoms with van der Waals surface area (Å²) < 4.78 is 0.973. The van der Waals surface area contributed by atoms with Crippen molar-refractivity contribution in [1.29, 1.82) is 0 Å². The summed E-state index contributed by atoms with van der Waals surface area (Å²) in [5.74, 6) is -0.496. The number of carbonyl (C=O) groups is 1. The summed E-state index contributed by atoms with van der Waals surface area (Å²) in [6.07, 6.45) is 0. The molecule has 0 atom stereocenters. The van der Waals surface area contributed by atoms with Crippen LogP contribution in [0, 0.1) is 10.1 Å². The number of non-ortho nitro benzene ring substituents is 1. The summed E-state index contributed by atoms with van der Waals surface area (Å²) >= 11 is 11.7. The number of nitrogens with one attached hydrogen (secondary N) is 1. The Morgan fingerprint density at radius 3 is 2.61 bits per heavy atom. The highest BCUT2D eigenvalue weighted by Crippen LogP contribution is 2.25. The first-order valence-electron chi connectivity index (χ1n) is 7.91. The zero-order chi connectivity index (χ0) is 20.3. The lowest BCUT2D eigenvalue weighted by Gasteiger charge is -2.09.